The minimum Gasteiger partial charge on any atom is -0.465 e. The van der Waals surface area contributed by atoms with Crippen molar-refractivity contribution < 1.29 is 14.3 Å². The normalized spacial score (nSPS) is 9.79. The molecule has 0 aliphatic carbocycles. The summed E-state index contributed by atoms with van der Waals surface area (Å²) in [7, 11) is 1.37. The lowest BCUT2D eigenvalue weighted by Gasteiger charge is -1.93. The van der Waals surface area contributed by atoms with Crippen molar-refractivity contribution in [1.82, 2.24) is 0 Å². The van der Waals surface area contributed by atoms with Crippen molar-refractivity contribution in [2.75, 3.05) is 7.11 Å². The molecule has 0 fully saturated rings. The van der Waals surface area contributed by atoms with Gasteiger partial charge >= 0.3 is 5.97 Å². The highest BCUT2D eigenvalue weighted by Crippen LogP contribution is 2.17. The average Bonchev–Trinajstić information content (AvgIpc) is 2.66. The van der Waals surface area contributed by atoms with Gasteiger partial charge in [0.1, 0.15) is 6.29 Å². The molecule has 0 radical (unpaired) electrons. The Hall–Kier alpha value is -1.16. The van der Waals surface area contributed by atoms with E-state index in [4.69, 9.17) is 0 Å². The number of esters is 1. The SMILES string of the molecule is COC(=O)c1csc(CCCC=O)c1. The Morgan fingerprint density at radius 1 is 1.64 bits per heavy atom. The third kappa shape index (κ3) is 2.96. The van der Waals surface area contributed by atoms with E-state index in [9.17, 15) is 9.59 Å². The van der Waals surface area contributed by atoms with Crippen molar-refractivity contribution in [2.45, 2.75) is 19.3 Å². The zero-order valence-corrected chi connectivity index (χ0v) is 8.80. The van der Waals surface area contributed by atoms with Crippen LogP contribution in [0, 0.1) is 0 Å². The summed E-state index contributed by atoms with van der Waals surface area (Å²) in [6, 6.07) is 1.82. The predicted octanol–water partition coefficient (Wildman–Crippen LogP) is 2.06. The van der Waals surface area contributed by atoms with Crippen LogP contribution in [0.3, 0.4) is 0 Å². The predicted molar refractivity (Wildman–Crippen MR) is 54.7 cm³/mol. The third-order valence-corrected chi connectivity index (χ3v) is 2.82. The van der Waals surface area contributed by atoms with Crippen LogP contribution < -0.4 is 0 Å². The van der Waals surface area contributed by atoms with Crippen LogP contribution in [0.15, 0.2) is 11.4 Å². The van der Waals surface area contributed by atoms with E-state index >= 15 is 0 Å². The minimum absolute atomic E-state index is 0.303. The molecule has 0 saturated heterocycles. The Labute approximate surface area is 86.7 Å². The fraction of sp³-hybridized carbons (Fsp3) is 0.400. The molecule has 0 bridgehead atoms. The first-order valence-corrected chi connectivity index (χ1v) is 5.25. The Kier molecular flexibility index (Phi) is 4.32. The summed E-state index contributed by atoms with van der Waals surface area (Å²) in [6.07, 6.45) is 3.17. The second-order valence-corrected chi connectivity index (χ2v) is 3.85. The van der Waals surface area contributed by atoms with Gasteiger partial charge in [-0.15, -0.1) is 11.3 Å². The lowest BCUT2D eigenvalue weighted by atomic mass is 10.2. The molecule has 0 saturated carbocycles. The van der Waals surface area contributed by atoms with Crippen molar-refractivity contribution in [2.24, 2.45) is 0 Å². The Morgan fingerprint density at radius 2 is 2.43 bits per heavy atom. The molecule has 0 unspecified atom stereocenters. The maximum atomic E-state index is 11.1. The molecule has 76 valence electrons. The van der Waals surface area contributed by atoms with Crippen LogP contribution in [0.25, 0.3) is 0 Å². The standard InChI is InChI=1S/C10H12O3S/c1-13-10(12)8-6-9(14-7-8)4-2-3-5-11/h5-7H,2-4H2,1H3. The van der Waals surface area contributed by atoms with Crippen molar-refractivity contribution in [3.8, 4) is 0 Å². The van der Waals surface area contributed by atoms with Gasteiger partial charge in [-0.05, 0) is 18.9 Å². The molecule has 0 spiro atoms. The van der Waals surface area contributed by atoms with E-state index in [-0.39, 0.29) is 5.97 Å². The molecule has 0 N–H and O–H groups in total. The van der Waals surface area contributed by atoms with Crippen LogP contribution in [0.1, 0.15) is 28.1 Å². The number of unbranched alkanes of at least 4 members (excludes halogenated alkanes) is 1. The molecule has 0 aliphatic rings. The smallest absolute Gasteiger partial charge is 0.338 e. The number of rotatable bonds is 5. The summed E-state index contributed by atoms with van der Waals surface area (Å²) in [4.78, 5) is 22.3. The first kappa shape index (κ1) is 10.9. The number of ether oxygens (including phenoxy) is 1. The van der Waals surface area contributed by atoms with E-state index in [1.54, 1.807) is 5.38 Å². The van der Waals surface area contributed by atoms with Gasteiger partial charge in [0.05, 0.1) is 12.7 Å². The maximum Gasteiger partial charge on any atom is 0.338 e. The highest BCUT2D eigenvalue weighted by molar-refractivity contribution is 7.10. The van der Waals surface area contributed by atoms with Gasteiger partial charge in [0.2, 0.25) is 0 Å². The second kappa shape index (κ2) is 5.54. The summed E-state index contributed by atoms with van der Waals surface area (Å²) < 4.78 is 4.59. The minimum atomic E-state index is -0.303. The fourth-order valence-electron chi connectivity index (χ4n) is 1.10. The number of thiophene rings is 1. The molecule has 0 atom stereocenters. The van der Waals surface area contributed by atoms with Gasteiger partial charge in [0.25, 0.3) is 0 Å². The van der Waals surface area contributed by atoms with Crippen molar-refractivity contribution >= 4 is 23.6 Å². The van der Waals surface area contributed by atoms with Gasteiger partial charge < -0.3 is 9.53 Å². The van der Waals surface area contributed by atoms with Crippen LogP contribution in [-0.2, 0) is 16.0 Å². The summed E-state index contributed by atoms with van der Waals surface area (Å²) >= 11 is 1.53. The molecule has 1 aromatic heterocycles. The van der Waals surface area contributed by atoms with E-state index < -0.39 is 0 Å². The molecule has 3 nitrogen and oxygen atoms in total. The molecule has 1 heterocycles. The van der Waals surface area contributed by atoms with Gasteiger partial charge in [-0.1, -0.05) is 0 Å². The molecule has 0 amide bonds. The first-order chi connectivity index (χ1) is 6.77. The third-order valence-electron chi connectivity index (χ3n) is 1.82. The highest BCUT2D eigenvalue weighted by Gasteiger charge is 2.07. The summed E-state index contributed by atoms with van der Waals surface area (Å²) in [5.74, 6) is -0.303. The van der Waals surface area contributed by atoms with Crippen LogP contribution in [0.2, 0.25) is 0 Å². The molecule has 1 aromatic rings. The fourth-order valence-corrected chi connectivity index (χ4v) is 2.00. The number of aryl methyl sites for hydroxylation is 1. The number of aldehydes is 1. The first-order valence-electron chi connectivity index (χ1n) is 4.37. The van der Waals surface area contributed by atoms with E-state index in [1.165, 1.54) is 18.4 Å². The van der Waals surface area contributed by atoms with Crippen LogP contribution in [-0.4, -0.2) is 19.4 Å². The van der Waals surface area contributed by atoms with Crippen molar-refractivity contribution in [3.05, 3.63) is 21.9 Å². The largest absolute Gasteiger partial charge is 0.465 e. The monoisotopic (exact) mass is 212 g/mol. The highest BCUT2D eigenvalue weighted by atomic mass is 32.1. The molecular formula is C10H12O3S. The number of hydrogen-bond acceptors (Lipinski definition) is 4. The molecular weight excluding hydrogens is 200 g/mol. The summed E-state index contributed by atoms with van der Waals surface area (Å²) in [5.41, 5.74) is 0.596. The van der Waals surface area contributed by atoms with Crippen LogP contribution in [0.4, 0.5) is 0 Å². The summed E-state index contributed by atoms with van der Waals surface area (Å²) in [5, 5.41) is 1.78. The van der Waals surface area contributed by atoms with Gasteiger partial charge in [-0.3, -0.25) is 0 Å². The molecule has 1 rings (SSSR count). The zero-order valence-electron chi connectivity index (χ0n) is 7.99. The average molecular weight is 212 g/mol. The molecule has 0 aromatic carbocycles. The van der Waals surface area contributed by atoms with Crippen LogP contribution in [0.5, 0.6) is 0 Å². The maximum absolute atomic E-state index is 11.1. The second-order valence-electron chi connectivity index (χ2n) is 2.85. The summed E-state index contributed by atoms with van der Waals surface area (Å²) in [6.45, 7) is 0. The Morgan fingerprint density at radius 3 is 3.07 bits per heavy atom. The molecule has 14 heavy (non-hydrogen) atoms. The van der Waals surface area contributed by atoms with E-state index in [2.05, 4.69) is 4.74 Å². The topological polar surface area (TPSA) is 43.4 Å². The van der Waals surface area contributed by atoms with E-state index in [1.807, 2.05) is 6.07 Å². The molecule has 4 heteroatoms. The lowest BCUT2D eigenvalue weighted by molar-refractivity contribution is -0.107. The van der Waals surface area contributed by atoms with Gasteiger partial charge in [0, 0.05) is 16.7 Å². The number of methoxy groups -OCH3 is 1. The Bertz CT molecular complexity index is 317. The lowest BCUT2D eigenvalue weighted by Crippen LogP contribution is -1.98. The van der Waals surface area contributed by atoms with Crippen LogP contribution >= 0.6 is 11.3 Å². The number of hydrogen-bond donors (Lipinski definition) is 0. The van der Waals surface area contributed by atoms with Gasteiger partial charge in [0.15, 0.2) is 0 Å². The molecule has 0 aliphatic heterocycles. The van der Waals surface area contributed by atoms with E-state index in [0.717, 1.165) is 24.0 Å². The van der Waals surface area contributed by atoms with Crippen molar-refractivity contribution in [3.63, 3.8) is 0 Å². The van der Waals surface area contributed by atoms with E-state index in [0.29, 0.717) is 12.0 Å². The Balaban J connectivity index is 2.50. The van der Waals surface area contributed by atoms with Gasteiger partial charge in [-0.25, -0.2) is 4.79 Å². The van der Waals surface area contributed by atoms with Crippen molar-refractivity contribution in [1.29, 1.82) is 0 Å². The number of carbonyl (C=O) groups excluding carboxylic acids is 2. The van der Waals surface area contributed by atoms with Gasteiger partial charge in [-0.2, -0.15) is 0 Å². The quantitative estimate of drug-likeness (QED) is 0.426. The zero-order chi connectivity index (χ0) is 10.4. The number of carbonyl (C=O) groups is 2.